The number of para-hydroxylation sites is 1. The molecule has 0 saturated heterocycles. The summed E-state index contributed by atoms with van der Waals surface area (Å²) < 4.78 is 6.25. The zero-order valence-electron chi connectivity index (χ0n) is 10.4. The SMILES string of the molecule is Cc1cnc(Oc2c(C)cccc2[N+](=O)[O-])c(Br)c1. The smallest absolute Gasteiger partial charge is 0.311 e. The van der Waals surface area contributed by atoms with Crippen molar-refractivity contribution in [2.75, 3.05) is 0 Å². The summed E-state index contributed by atoms with van der Waals surface area (Å²) in [6.45, 7) is 3.65. The van der Waals surface area contributed by atoms with Gasteiger partial charge in [-0.1, -0.05) is 12.1 Å². The molecule has 6 heteroatoms. The summed E-state index contributed by atoms with van der Waals surface area (Å²) in [6, 6.07) is 6.62. The van der Waals surface area contributed by atoms with Crippen LogP contribution in [0.1, 0.15) is 11.1 Å². The minimum Gasteiger partial charge on any atom is -0.430 e. The molecule has 2 rings (SSSR count). The molecule has 0 N–H and O–H groups in total. The molecular formula is C13H11BrN2O3. The van der Waals surface area contributed by atoms with E-state index in [0.717, 1.165) is 5.56 Å². The van der Waals surface area contributed by atoms with Crippen LogP contribution >= 0.6 is 15.9 Å². The normalized spacial score (nSPS) is 10.3. The van der Waals surface area contributed by atoms with Gasteiger partial charge in [-0.05, 0) is 47.0 Å². The third-order valence-electron chi connectivity index (χ3n) is 2.53. The van der Waals surface area contributed by atoms with Gasteiger partial charge in [-0.2, -0.15) is 0 Å². The zero-order valence-corrected chi connectivity index (χ0v) is 12.0. The maximum absolute atomic E-state index is 11.0. The Balaban J connectivity index is 2.46. The van der Waals surface area contributed by atoms with E-state index < -0.39 is 4.92 Å². The number of hydrogen-bond donors (Lipinski definition) is 0. The Kier molecular flexibility index (Phi) is 3.80. The lowest BCUT2D eigenvalue weighted by atomic mass is 10.2. The summed E-state index contributed by atoms with van der Waals surface area (Å²) in [5.74, 6) is 0.521. The molecular weight excluding hydrogens is 312 g/mol. The second kappa shape index (κ2) is 5.36. The predicted molar refractivity (Wildman–Crippen MR) is 74.6 cm³/mol. The van der Waals surface area contributed by atoms with Gasteiger partial charge in [0.15, 0.2) is 0 Å². The van der Waals surface area contributed by atoms with Gasteiger partial charge in [-0.3, -0.25) is 10.1 Å². The largest absolute Gasteiger partial charge is 0.430 e. The molecule has 0 fully saturated rings. The molecule has 0 amide bonds. The Bertz CT molecular complexity index is 644. The Hall–Kier alpha value is -1.95. The van der Waals surface area contributed by atoms with Crippen molar-refractivity contribution < 1.29 is 9.66 Å². The molecule has 2 aromatic rings. The van der Waals surface area contributed by atoms with Gasteiger partial charge in [0.25, 0.3) is 0 Å². The summed E-state index contributed by atoms with van der Waals surface area (Å²) in [5, 5.41) is 11.0. The lowest BCUT2D eigenvalue weighted by Gasteiger charge is -2.09. The van der Waals surface area contributed by atoms with Crippen LogP contribution < -0.4 is 4.74 Å². The van der Waals surface area contributed by atoms with Crippen molar-refractivity contribution in [2.45, 2.75) is 13.8 Å². The fourth-order valence-corrected chi connectivity index (χ4v) is 2.15. The number of ether oxygens (including phenoxy) is 1. The highest BCUT2D eigenvalue weighted by Gasteiger charge is 2.19. The summed E-state index contributed by atoms with van der Waals surface area (Å²) in [7, 11) is 0. The van der Waals surface area contributed by atoms with Crippen molar-refractivity contribution in [2.24, 2.45) is 0 Å². The summed E-state index contributed by atoms with van der Waals surface area (Å²) in [6.07, 6.45) is 1.64. The van der Waals surface area contributed by atoms with Crippen molar-refractivity contribution in [1.82, 2.24) is 4.98 Å². The van der Waals surface area contributed by atoms with E-state index >= 15 is 0 Å². The number of nitrogens with zero attached hydrogens (tertiary/aromatic N) is 2. The van der Waals surface area contributed by atoms with Gasteiger partial charge in [0.05, 0.1) is 9.40 Å². The highest BCUT2D eigenvalue weighted by atomic mass is 79.9. The molecule has 98 valence electrons. The van der Waals surface area contributed by atoms with Crippen LogP contribution in [0, 0.1) is 24.0 Å². The van der Waals surface area contributed by atoms with E-state index in [-0.39, 0.29) is 11.4 Å². The average molecular weight is 323 g/mol. The van der Waals surface area contributed by atoms with Crippen LogP contribution in [0.5, 0.6) is 11.6 Å². The number of halogens is 1. The molecule has 1 aromatic heterocycles. The van der Waals surface area contributed by atoms with Crippen LogP contribution in [0.25, 0.3) is 0 Å². The Morgan fingerprint density at radius 3 is 2.74 bits per heavy atom. The molecule has 0 unspecified atom stereocenters. The first-order valence-electron chi connectivity index (χ1n) is 5.53. The van der Waals surface area contributed by atoms with Crippen LogP contribution in [0.2, 0.25) is 0 Å². The first-order chi connectivity index (χ1) is 8.99. The number of aryl methyl sites for hydroxylation is 2. The number of aromatic nitrogens is 1. The van der Waals surface area contributed by atoms with Crippen molar-refractivity contribution in [3.05, 3.63) is 56.2 Å². The average Bonchev–Trinajstić information content (AvgIpc) is 2.34. The van der Waals surface area contributed by atoms with E-state index in [9.17, 15) is 10.1 Å². The van der Waals surface area contributed by atoms with Gasteiger partial charge in [-0.25, -0.2) is 4.98 Å². The van der Waals surface area contributed by atoms with Crippen LogP contribution in [-0.4, -0.2) is 9.91 Å². The molecule has 1 aromatic carbocycles. The monoisotopic (exact) mass is 322 g/mol. The van der Waals surface area contributed by atoms with E-state index in [1.165, 1.54) is 6.07 Å². The lowest BCUT2D eigenvalue weighted by Crippen LogP contribution is -1.97. The van der Waals surface area contributed by atoms with Gasteiger partial charge in [0.1, 0.15) is 0 Å². The quantitative estimate of drug-likeness (QED) is 0.628. The van der Waals surface area contributed by atoms with Crippen LogP contribution in [0.15, 0.2) is 34.9 Å². The van der Waals surface area contributed by atoms with Gasteiger partial charge in [0.2, 0.25) is 11.6 Å². The fraction of sp³-hybridized carbons (Fsp3) is 0.154. The maximum Gasteiger partial charge on any atom is 0.311 e. The van der Waals surface area contributed by atoms with Gasteiger partial charge in [-0.15, -0.1) is 0 Å². The molecule has 5 nitrogen and oxygen atoms in total. The van der Waals surface area contributed by atoms with Crippen molar-refractivity contribution >= 4 is 21.6 Å². The number of nitro benzene ring substituents is 1. The fourth-order valence-electron chi connectivity index (χ4n) is 1.61. The third-order valence-corrected chi connectivity index (χ3v) is 3.10. The highest BCUT2D eigenvalue weighted by Crippen LogP contribution is 2.36. The summed E-state index contributed by atoms with van der Waals surface area (Å²) in [4.78, 5) is 14.7. The van der Waals surface area contributed by atoms with Gasteiger partial charge in [0, 0.05) is 12.3 Å². The molecule has 0 aliphatic carbocycles. The Morgan fingerprint density at radius 1 is 1.37 bits per heavy atom. The predicted octanol–water partition coefficient (Wildman–Crippen LogP) is 4.16. The third kappa shape index (κ3) is 2.90. The molecule has 0 atom stereocenters. The Morgan fingerprint density at radius 2 is 2.11 bits per heavy atom. The van der Waals surface area contributed by atoms with Crippen LogP contribution in [0.4, 0.5) is 5.69 Å². The number of benzene rings is 1. The number of nitro groups is 1. The van der Waals surface area contributed by atoms with E-state index in [1.54, 1.807) is 25.3 Å². The highest BCUT2D eigenvalue weighted by molar-refractivity contribution is 9.10. The number of pyridine rings is 1. The topological polar surface area (TPSA) is 65.3 Å². The van der Waals surface area contributed by atoms with E-state index in [4.69, 9.17) is 4.74 Å². The van der Waals surface area contributed by atoms with E-state index in [2.05, 4.69) is 20.9 Å². The number of hydrogen-bond acceptors (Lipinski definition) is 4. The summed E-state index contributed by atoms with van der Waals surface area (Å²) >= 11 is 3.33. The molecule has 0 aliphatic heterocycles. The van der Waals surface area contributed by atoms with Crippen LogP contribution in [-0.2, 0) is 0 Å². The summed E-state index contributed by atoms with van der Waals surface area (Å²) in [5.41, 5.74) is 1.58. The molecule has 0 bridgehead atoms. The first kappa shape index (κ1) is 13.5. The minimum atomic E-state index is -0.468. The van der Waals surface area contributed by atoms with Gasteiger partial charge < -0.3 is 4.74 Å². The van der Waals surface area contributed by atoms with Crippen molar-refractivity contribution in [1.29, 1.82) is 0 Å². The lowest BCUT2D eigenvalue weighted by molar-refractivity contribution is -0.385. The number of rotatable bonds is 3. The standard InChI is InChI=1S/C13H11BrN2O3/c1-8-6-10(14)13(15-7-8)19-12-9(2)4-3-5-11(12)16(17)18/h3-7H,1-2H3. The van der Waals surface area contributed by atoms with Crippen molar-refractivity contribution in [3.8, 4) is 11.6 Å². The van der Waals surface area contributed by atoms with Gasteiger partial charge >= 0.3 is 5.69 Å². The molecule has 19 heavy (non-hydrogen) atoms. The Labute approximate surface area is 118 Å². The van der Waals surface area contributed by atoms with Crippen molar-refractivity contribution in [3.63, 3.8) is 0 Å². The second-order valence-corrected chi connectivity index (χ2v) is 4.94. The van der Waals surface area contributed by atoms with E-state index in [0.29, 0.717) is 15.9 Å². The molecule has 0 spiro atoms. The minimum absolute atomic E-state index is 0.0747. The molecule has 1 heterocycles. The molecule has 0 saturated carbocycles. The molecule has 0 radical (unpaired) electrons. The maximum atomic E-state index is 11.0. The first-order valence-corrected chi connectivity index (χ1v) is 6.32. The second-order valence-electron chi connectivity index (χ2n) is 4.08. The van der Waals surface area contributed by atoms with Crippen LogP contribution in [0.3, 0.4) is 0 Å². The molecule has 0 aliphatic rings. The van der Waals surface area contributed by atoms with E-state index in [1.807, 2.05) is 13.0 Å². The zero-order chi connectivity index (χ0) is 14.0.